The summed E-state index contributed by atoms with van der Waals surface area (Å²) >= 11 is 7.44. The van der Waals surface area contributed by atoms with Crippen molar-refractivity contribution in [1.82, 2.24) is 19.8 Å². The maximum absolute atomic E-state index is 6.04. The zero-order valence-electron chi connectivity index (χ0n) is 12.6. The third kappa shape index (κ3) is 2.45. The van der Waals surface area contributed by atoms with E-state index in [2.05, 4.69) is 15.3 Å². The highest BCUT2D eigenvalue weighted by molar-refractivity contribution is 7.19. The van der Waals surface area contributed by atoms with Crippen LogP contribution in [0.15, 0.2) is 63.6 Å². The Morgan fingerprint density at radius 3 is 2.72 bits per heavy atom. The number of hydrogen-bond acceptors (Lipinski definition) is 6. The predicted molar refractivity (Wildman–Crippen MR) is 94.5 cm³/mol. The van der Waals surface area contributed by atoms with Crippen molar-refractivity contribution in [2.45, 2.75) is 0 Å². The minimum absolute atomic E-state index is 0.559. The van der Waals surface area contributed by atoms with E-state index in [1.54, 1.807) is 16.8 Å². The first-order valence-electron chi connectivity index (χ1n) is 7.40. The monoisotopic (exact) mass is 368 g/mol. The molecule has 0 amide bonds. The van der Waals surface area contributed by atoms with Crippen molar-refractivity contribution >= 4 is 27.9 Å². The van der Waals surface area contributed by atoms with Gasteiger partial charge in [-0.15, -0.1) is 15.3 Å². The van der Waals surface area contributed by atoms with Gasteiger partial charge in [-0.2, -0.15) is 4.52 Å². The van der Waals surface area contributed by atoms with Gasteiger partial charge >= 0.3 is 0 Å². The van der Waals surface area contributed by atoms with Crippen LogP contribution in [0.25, 0.3) is 38.6 Å². The van der Waals surface area contributed by atoms with Gasteiger partial charge < -0.3 is 8.83 Å². The van der Waals surface area contributed by atoms with Gasteiger partial charge in [0.25, 0.3) is 0 Å². The summed E-state index contributed by atoms with van der Waals surface area (Å²) < 4.78 is 13.0. The number of fused-ring (bicyclic) bond motifs is 1. The molecular formula is C17H9ClN4O2S. The van der Waals surface area contributed by atoms with E-state index in [1.807, 2.05) is 42.5 Å². The molecule has 0 spiro atoms. The molecule has 6 nitrogen and oxygen atoms in total. The fourth-order valence-electron chi connectivity index (χ4n) is 2.53. The van der Waals surface area contributed by atoms with Crippen LogP contribution in [0.3, 0.4) is 0 Å². The van der Waals surface area contributed by atoms with E-state index in [0.29, 0.717) is 32.3 Å². The van der Waals surface area contributed by atoms with E-state index in [0.717, 1.165) is 11.3 Å². The Bertz CT molecular complexity index is 1170. The van der Waals surface area contributed by atoms with Crippen LogP contribution in [0.1, 0.15) is 0 Å². The van der Waals surface area contributed by atoms with E-state index in [-0.39, 0.29) is 0 Å². The molecule has 122 valence electrons. The number of nitrogens with zero attached hydrogens (tertiary/aromatic N) is 4. The summed E-state index contributed by atoms with van der Waals surface area (Å²) in [6, 6.07) is 14.9. The minimum atomic E-state index is 0.559. The lowest BCUT2D eigenvalue weighted by atomic mass is 10.2. The first-order chi connectivity index (χ1) is 12.3. The van der Waals surface area contributed by atoms with Crippen molar-refractivity contribution in [2.75, 3.05) is 0 Å². The maximum atomic E-state index is 6.04. The number of aromatic nitrogens is 4. The average Bonchev–Trinajstić information content (AvgIpc) is 3.36. The van der Waals surface area contributed by atoms with Gasteiger partial charge in [0.15, 0.2) is 16.5 Å². The van der Waals surface area contributed by atoms with Crippen LogP contribution >= 0.6 is 22.9 Å². The quantitative estimate of drug-likeness (QED) is 0.447. The first-order valence-corrected chi connectivity index (χ1v) is 8.60. The van der Waals surface area contributed by atoms with Gasteiger partial charge in [0, 0.05) is 10.6 Å². The largest absolute Gasteiger partial charge is 0.461 e. The molecule has 0 saturated carbocycles. The van der Waals surface area contributed by atoms with Crippen molar-refractivity contribution in [3.05, 3.63) is 59.8 Å². The van der Waals surface area contributed by atoms with E-state index >= 15 is 0 Å². The Morgan fingerprint density at radius 1 is 0.960 bits per heavy atom. The first kappa shape index (κ1) is 14.4. The zero-order chi connectivity index (χ0) is 16.8. The molecule has 0 radical (unpaired) electrons. The Hall–Kier alpha value is -2.90. The van der Waals surface area contributed by atoms with Crippen LogP contribution in [0.4, 0.5) is 0 Å². The van der Waals surface area contributed by atoms with E-state index in [9.17, 15) is 0 Å². The Morgan fingerprint density at radius 2 is 1.88 bits per heavy atom. The fourth-order valence-corrected chi connectivity index (χ4v) is 3.52. The highest BCUT2D eigenvalue weighted by Gasteiger charge is 2.18. The lowest BCUT2D eigenvalue weighted by Crippen LogP contribution is -1.89. The van der Waals surface area contributed by atoms with Gasteiger partial charge in [-0.25, -0.2) is 0 Å². The molecule has 25 heavy (non-hydrogen) atoms. The van der Waals surface area contributed by atoms with Crippen molar-refractivity contribution in [3.8, 4) is 33.7 Å². The molecule has 0 aliphatic carbocycles. The lowest BCUT2D eigenvalue weighted by Gasteiger charge is -1.97. The molecule has 5 rings (SSSR count). The van der Waals surface area contributed by atoms with Crippen molar-refractivity contribution < 1.29 is 8.83 Å². The molecule has 0 bridgehead atoms. The maximum Gasteiger partial charge on any atom is 0.235 e. The molecule has 8 heteroatoms. The summed E-state index contributed by atoms with van der Waals surface area (Å²) in [5.74, 6) is 2.57. The molecule has 4 aromatic heterocycles. The topological polar surface area (TPSA) is 69.4 Å². The molecular weight excluding hydrogens is 360 g/mol. The Kier molecular flexibility index (Phi) is 3.22. The second kappa shape index (κ2) is 5.58. The summed E-state index contributed by atoms with van der Waals surface area (Å²) in [5.41, 5.74) is 0.915. The van der Waals surface area contributed by atoms with E-state index < -0.39 is 0 Å². The molecule has 0 atom stereocenters. The molecule has 0 fully saturated rings. The SMILES string of the molecule is Clc1cccc(-c2ccc(-c3nn4c(-c5ccco5)nnc4s3)o2)c1. The number of rotatable bonds is 3. The Balaban J connectivity index is 1.56. The second-order valence-electron chi connectivity index (χ2n) is 5.28. The fraction of sp³-hybridized carbons (Fsp3) is 0. The number of halogens is 1. The van der Waals surface area contributed by atoms with Crippen molar-refractivity contribution in [2.24, 2.45) is 0 Å². The predicted octanol–water partition coefficient (Wildman–Crippen LogP) is 5.03. The summed E-state index contributed by atoms with van der Waals surface area (Å²) in [6.45, 7) is 0. The smallest absolute Gasteiger partial charge is 0.235 e. The van der Waals surface area contributed by atoms with Gasteiger partial charge in [0.05, 0.1) is 6.26 Å². The summed E-state index contributed by atoms with van der Waals surface area (Å²) in [6.07, 6.45) is 1.59. The average molecular weight is 369 g/mol. The van der Waals surface area contributed by atoms with Crippen LogP contribution in [-0.2, 0) is 0 Å². The highest BCUT2D eigenvalue weighted by atomic mass is 35.5. The van der Waals surface area contributed by atoms with Crippen LogP contribution in [0.5, 0.6) is 0 Å². The van der Waals surface area contributed by atoms with Crippen molar-refractivity contribution in [3.63, 3.8) is 0 Å². The van der Waals surface area contributed by atoms with Crippen LogP contribution in [0.2, 0.25) is 5.02 Å². The van der Waals surface area contributed by atoms with E-state index in [4.69, 9.17) is 20.4 Å². The number of furan rings is 2. The van der Waals surface area contributed by atoms with Gasteiger partial charge in [-0.3, -0.25) is 0 Å². The zero-order valence-corrected chi connectivity index (χ0v) is 14.2. The molecule has 5 aromatic rings. The lowest BCUT2D eigenvalue weighted by molar-refractivity contribution is 0.574. The Labute approximate surface area is 150 Å². The minimum Gasteiger partial charge on any atom is -0.461 e. The van der Waals surface area contributed by atoms with Crippen LogP contribution < -0.4 is 0 Å². The molecule has 4 heterocycles. The molecule has 0 N–H and O–H groups in total. The molecule has 0 aliphatic heterocycles. The number of benzene rings is 1. The van der Waals surface area contributed by atoms with Crippen LogP contribution in [-0.4, -0.2) is 19.8 Å². The van der Waals surface area contributed by atoms with Crippen LogP contribution in [0, 0.1) is 0 Å². The van der Waals surface area contributed by atoms with Gasteiger partial charge in [0.2, 0.25) is 10.8 Å². The van der Waals surface area contributed by atoms with E-state index in [1.165, 1.54) is 11.3 Å². The normalized spacial score (nSPS) is 11.4. The van der Waals surface area contributed by atoms with Gasteiger partial charge in [-0.1, -0.05) is 35.1 Å². The van der Waals surface area contributed by atoms with Gasteiger partial charge in [-0.05, 0) is 36.4 Å². The molecule has 0 aliphatic rings. The second-order valence-corrected chi connectivity index (χ2v) is 6.67. The van der Waals surface area contributed by atoms with Crippen molar-refractivity contribution in [1.29, 1.82) is 0 Å². The standard InChI is InChI=1S/C17H9ClN4O2S/c18-11-4-1-3-10(9-11)12-6-7-14(24-12)16-21-22-15(13-5-2-8-23-13)19-20-17(22)25-16/h1-9H. The summed E-state index contributed by atoms with van der Waals surface area (Å²) in [7, 11) is 0. The third-order valence-electron chi connectivity index (χ3n) is 3.66. The summed E-state index contributed by atoms with van der Waals surface area (Å²) in [5, 5.41) is 14.2. The molecule has 1 aromatic carbocycles. The van der Waals surface area contributed by atoms with Gasteiger partial charge in [0.1, 0.15) is 5.76 Å². The molecule has 0 unspecified atom stereocenters. The third-order valence-corrected chi connectivity index (χ3v) is 4.81. The molecule has 0 saturated heterocycles. The number of hydrogen-bond donors (Lipinski definition) is 0. The highest BCUT2D eigenvalue weighted by Crippen LogP contribution is 2.33. The summed E-state index contributed by atoms with van der Waals surface area (Å²) in [4.78, 5) is 0.669.